The Kier molecular flexibility index (Phi) is 1.49. The van der Waals surface area contributed by atoms with Crippen molar-refractivity contribution in [3.63, 3.8) is 0 Å². The second kappa shape index (κ2) is 2.51. The van der Waals surface area contributed by atoms with E-state index >= 15 is 0 Å². The normalized spacial score (nSPS) is 15.0. The molecule has 0 radical (unpaired) electrons. The summed E-state index contributed by atoms with van der Waals surface area (Å²) in [4.78, 5) is 26.5. The van der Waals surface area contributed by atoms with Crippen LogP contribution in [0, 0.1) is 0 Å². The number of rotatable bonds is 0. The largest absolute Gasteiger partial charge is 0.479 e. The third-order valence-electron chi connectivity index (χ3n) is 1.82. The van der Waals surface area contributed by atoms with Crippen molar-refractivity contribution in [3.8, 4) is 5.88 Å². The lowest BCUT2D eigenvalue weighted by Gasteiger charge is -2.14. The van der Waals surface area contributed by atoms with Crippen molar-refractivity contribution >= 4 is 0 Å². The molecule has 0 bridgehead atoms. The monoisotopic (exact) mass is 168 g/mol. The molecule has 64 valence electrons. The first-order chi connectivity index (χ1) is 5.77. The van der Waals surface area contributed by atoms with Crippen LogP contribution in [0.25, 0.3) is 0 Å². The van der Waals surface area contributed by atoms with Gasteiger partial charge in [-0.2, -0.15) is 0 Å². The molecule has 1 aliphatic rings. The van der Waals surface area contributed by atoms with Gasteiger partial charge in [-0.15, -0.1) is 0 Å². The topological polar surface area (TPSA) is 75.0 Å². The Bertz CT molecular complexity index is 404. The van der Waals surface area contributed by atoms with Crippen molar-refractivity contribution in [2.75, 3.05) is 6.61 Å². The predicted octanol–water partition coefficient (Wildman–Crippen LogP) is -0.612. The molecule has 0 atom stereocenters. The zero-order valence-corrected chi connectivity index (χ0v) is 6.35. The molecule has 0 spiro atoms. The van der Waals surface area contributed by atoms with E-state index in [1.165, 1.54) is 0 Å². The molecule has 0 unspecified atom stereocenters. The zero-order chi connectivity index (χ0) is 8.55. The van der Waals surface area contributed by atoms with Gasteiger partial charge in [-0.05, 0) is 12.8 Å². The average molecular weight is 168 g/mol. The zero-order valence-electron chi connectivity index (χ0n) is 6.35. The van der Waals surface area contributed by atoms with Gasteiger partial charge in [0.05, 0.1) is 12.2 Å². The number of aromatic nitrogens is 2. The molecule has 0 aromatic carbocycles. The van der Waals surface area contributed by atoms with E-state index in [0.717, 1.165) is 6.42 Å². The molecular weight excluding hydrogens is 160 g/mol. The van der Waals surface area contributed by atoms with Crippen LogP contribution in [0.5, 0.6) is 5.88 Å². The van der Waals surface area contributed by atoms with Crippen molar-refractivity contribution in [2.45, 2.75) is 12.8 Å². The molecule has 5 nitrogen and oxygen atoms in total. The quantitative estimate of drug-likeness (QED) is 0.542. The van der Waals surface area contributed by atoms with E-state index in [1.807, 2.05) is 0 Å². The summed E-state index contributed by atoms with van der Waals surface area (Å²) in [5, 5.41) is 0. The van der Waals surface area contributed by atoms with Gasteiger partial charge in [0.15, 0.2) is 0 Å². The van der Waals surface area contributed by atoms with E-state index in [9.17, 15) is 9.59 Å². The van der Waals surface area contributed by atoms with Gasteiger partial charge < -0.3 is 4.74 Å². The Morgan fingerprint density at radius 3 is 2.92 bits per heavy atom. The van der Waals surface area contributed by atoms with Gasteiger partial charge in [-0.25, -0.2) is 4.79 Å². The van der Waals surface area contributed by atoms with Crippen LogP contribution in [-0.4, -0.2) is 16.6 Å². The Morgan fingerprint density at radius 2 is 2.08 bits per heavy atom. The van der Waals surface area contributed by atoms with Crippen molar-refractivity contribution in [1.29, 1.82) is 0 Å². The number of nitrogens with one attached hydrogen (secondary N) is 2. The first-order valence-corrected chi connectivity index (χ1v) is 3.75. The Balaban J connectivity index is 2.68. The molecule has 2 rings (SSSR count). The van der Waals surface area contributed by atoms with Gasteiger partial charge in [0.25, 0.3) is 5.56 Å². The highest BCUT2D eigenvalue weighted by Crippen LogP contribution is 2.15. The molecule has 2 heterocycles. The SMILES string of the molecule is O=c1[nH]c2c(c(=O)[nH]1)CCCO2. The third kappa shape index (κ3) is 1.03. The minimum atomic E-state index is -0.513. The van der Waals surface area contributed by atoms with Gasteiger partial charge in [0.1, 0.15) is 0 Å². The number of H-pyrrole nitrogens is 2. The fourth-order valence-corrected chi connectivity index (χ4v) is 1.26. The van der Waals surface area contributed by atoms with E-state index in [0.29, 0.717) is 24.5 Å². The summed E-state index contributed by atoms with van der Waals surface area (Å²) < 4.78 is 5.11. The number of aromatic amines is 2. The Hall–Kier alpha value is -1.52. The fourth-order valence-electron chi connectivity index (χ4n) is 1.26. The number of hydrogen-bond donors (Lipinski definition) is 2. The Labute approximate surface area is 67.4 Å². The molecule has 0 saturated carbocycles. The molecule has 0 aliphatic carbocycles. The lowest BCUT2D eigenvalue weighted by molar-refractivity contribution is 0.273. The van der Waals surface area contributed by atoms with Gasteiger partial charge >= 0.3 is 5.69 Å². The molecule has 2 N–H and O–H groups in total. The molecule has 12 heavy (non-hydrogen) atoms. The Morgan fingerprint density at radius 1 is 1.25 bits per heavy atom. The van der Waals surface area contributed by atoms with Gasteiger partial charge in [0.2, 0.25) is 5.88 Å². The summed E-state index contributed by atoms with van der Waals surface area (Å²) in [7, 11) is 0. The maximum atomic E-state index is 11.1. The molecule has 1 aliphatic heterocycles. The summed E-state index contributed by atoms with van der Waals surface area (Å²) in [6.07, 6.45) is 1.49. The van der Waals surface area contributed by atoms with E-state index in [1.54, 1.807) is 0 Å². The van der Waals surface area contributed by atoms with Crippen LogP contribution in [0.15, 0.2) is 9.59 Å². The molecular formula is C7H8N2O3. The van der Waals surface area contributed by atoms with Crippen molar-refractivity contribution in [3.05, 3.63) is 26.4 Å². The van der Waals surface area contributed by atoms with Gasteiger partial charge in [-0.3, -0.25) is 14.8 Å². The van der Waals surface area contributed by atoms with Crippen molar-refractivity contribution in [1.82, 2.24) is 9.97 Å². The number of hydrogen-bond acceptors (Lipinski definition) is 3. The molecule has 0 fully saturated rings. The van der Waals surface area contributed by atoms with Gasteiger partial charge in [0, 0.05) is 0 Å². The van der Waals surface area contributed by atoms with Crippen LogP contribution in [0.3, 0.4) is 0 Å². The highest BCUT2D eigenvalue weighted by Gasteiger charge is 2.14. The van der Waals surface area contributed by atoms with E-state index < -0.39 is 5.69 Å². The number of fused-ring (bicyclic) bond motifs is 1. The summed E-state index contributed by atoms with van der Waals surface area (Å²) in [6, 6.07) is 0. The molecule has 1 aromatic heterocycles. The highest BCUT2D eigenvalue weighted by molar-refractivity contribution is 5.23. The van der Waals surface area contributed by atoms with Crippen LogP contribution in [-0.2, 0) is 6.42 Å². The second-order valence-electron chi connectivity index (χ2n) is 2.67. The number of ether oxygens (including phenoxy) is 1. The van der Waals surface area contributed by atoms with Crippen LogP contribution in [0.2, 0.25) is 0 Å². The fraction of sp³-hybridized carbons (Fsp3) is 0.429. The highest BCUT2D eigenvalue weighted by atomic mass is 16.5. The summed E-state index contributed by atoms with van der Waals surface area (Å²) in [5.74, 6) is 0.329. The molecule has 0 amide bonds. The van der Waals surface area contributed by atoms with Gasteiger partial charge in [-0.1, -0.05) is 0 Å². The minimum Gasteiger partial charge on any atom is -0.479 e. The predicted molar refractivity (Wildman–Crippen MR) is 41.5 cm³/mol. The lowest BCUT2D eigenvalue weighted by atomic mass is 10.1. The first-order valence-electron chi connectivity index (χ1n) is 3.75. The average Bonchev–Trinajstić information content (AvgIpc) is 2.04. The minimum absolute atomic E-state index is 0.329. The molecule has 0 saturated heterocycles. The van der Waals surface area contributed by atoms with Crippen LogP contribution < -0.4 is 16.0 Å². The van der Waals surface area contributed by atoms with Crippen molar-refractivity contribution in [2.24, 2.45) is 0 Å². The van der Waals surface area contributed by atoms with E-state index in [2.05, 4.69) is 9.97 Å². The molecule has 5 heteroatoms. The van der Waals surface area contributed by atoms with Crippen LogP contribution in [0.1, 0.15) is 12.0 Å². The summed E-state index contributed by atoms with van der Waals surface area (Å²) in [5.41, 5.74) is -0.310. The first kappa shape index (κ1) is 7.15. The second-order valence-corrected chi connectivity index (χ2v) is 2.67. The summed E-state index contributed by atoms with van der Waals surface area (Å²) in [6.45, 7) is 0.562. The third-order valence-corrected chi connectivity index (χ3v) is 1.82. The maximum Gasteiger partial charge on any atom is 0.328 e. The van der Waals surface area contributed by atoms with Crippen LogP contribution in [0.4, 0.5) is 0 Å². The molecule has 1 aromatic rings. The van der Waals surface area contributed by atoms with Crippen molar-refractivity contribution < 1.29 is 4.74 Å². The smallest absolute Gasteiger partial charge is 0.328 e. The summed E-state index contributed by atoms with van der Waals surface area (Å²) >= 11 is 0. The maximum absolute atomic E-state index is 11.1. The van der Waals surface area contributed by atoms with E-state index in [-0.39, 0.29) is 5.56 Å². The van der Waals surface area contributed by atoms with Crippen LogP contribution >= 0.6 is 0 Å². The lowest BCUT2D eigenvalue weighted by Crippen LogP contribution is -2.29. The standard InChI is InChI=1S/C7H8N2O3/c10-5-4-2-1-3-12-6(4)9-7(11)8-5/h1-3H2,(H2,8,9,10,11). The van der Waals surface area contributed by atoms with E-state index in [4.69, 9.17) is 4.74 Å².